The summed E-state index contributed by atoms with van der Waals surface area (Å²) in [6, 6.07) is 0. The second-order valence-corrected chi connectivity index (χ2v) is 4.49. The Bertz CT molecular complexity index is 286. The summed E-state index contributed by atoms with van der Waals surface area (Å²) in [6.07, 6.45) is -4.99. The minimum absolute atomic E-state index is 0.204. The Morgan fingerprint density at radius 1 is 1.16 bits per heavy atom. The Morgan fingerprint density at radius 2 is 1.84 bits per heavy atom. The molecule has 1 aliphatic heterocycles. The van der Waals surface area contributed by atoms with Crippen LogP contribution in [0.5, 0.6) is 0 Å². The fraction of sp³-hybridized carbons (Fsp3) is 0.909. The molecule has 1 aliphatic rings. The fourth-order valence-electron chi connectivity index (χ4n) is 1.81. The van der Waals surface area contributed by atoms with Crippen molar-refractivity contribution in [3.63, 3.8) is 0 Å². The summed E-state index contributed by atoms with van der Waals surface area (Å²) in [4.78, 5) is 10.5. The smallest absolute Gasteiger partial charge is 0.217 e. The molecule has 0 aromatic carbocycles. The lowest BCUT2D eigenvalue weighted by atomic mass is 9.99. The maximum Gasteiger partial charge on any atom is 0.217 e. The van der Waals surface area contributed by atoms with Gasteiger partial charge in [-0.3, -0.25) is 4.79 Å². The second-order valence-electron chi connectivity index (χ2n) is 4.49. The van der Waals surface area contributed by atoms with Crippen molar-refractivity contribution in [3.05, 3.63) is 0 Å². The highest BCUT2D eigenvalue weighted by Crippen LogP contribution is 2.22. The van der Waals surface area contributed by atoms with E-state index in [-0.39, 0.29) is 13.0 Å². The normalized spacial score (nSPS) is 35.3. The molecule has 112 valence electrons. The SMILES string of the molecule is NC(=O)CCCCO[C@@H]1OC(CO)[C@@H](O)C(O)C1O. The fourth-order valence-corrected chi connectivity index (χ4v) is 1.81. The summed E-state index contributed by atoms with van der Waals surface area (Å²) in [6.45, 7) is -0.289. The third kappa shape index (κ3) is 4.68. The molecule has 19 heavy (non-hydrogen) atoms. The standard InChI is InChI=1S/C11H21NO7/c12-7(14)3-1-2-4-18-11-10(17)9(16)8(15)6(5-13)19-11/h6,8-11,13,15-17H,1-5H2,(H2,12,14)/t6?,8-,9?,10?,11-/m1/s1. The van der Waals surface area contributed by atoms with E-state index in [1.807, 2.05) is 0 Å². The summed E-state index contributed by atoms with van der Waals surface area (Å²) in [7, 11) is 0. The van der Waals surface area contributed by atoms with Crippen molar-refractivity contribution in [2.75, 3.05) is 13.2 Å². The molecule has 0 saturated carbocycles. The van der Waals surface area contributed by atoms with Gasteiger partial charge in [0.25, 0.3) is 0 Å². The van der Waals surface area contributed by atoms with Crippen LogP contribution in [0.2, 0.25) is 0 Å². The molecule has 8 heteroatoms. The van der Waals surface area contributed by atoms with Gasteiger partial charge in [0, 0.05) is 13.0 Å². The molecular weight excluding hydrogens is 258 g/mol. The molecule has 3 unspecified atom stereocenters. The molecule has 1 heterocycles. The van der Waals surface area contributed by atoms with E-state index in [2.05, 4.69) is 0 Å². The van der Waals surface area contributed by atoms with Crippen LogP contribution in [0.1, 0.15) is 19.3 Å². The van der Waals surface area contributed by atoms with E-state index < -0.39 is 43.2 Å². The van der Waals surface area contributed by atoms with Crippen molar-refractivity contribution in [2.45, 2.75) is 50.0 Å². The molecule has 6 N–H and O–H groups in total. The minimum atomic E-state index is -1.44. The maximum atomic E-state index is 10.5. The molecular formula is C11H21NO7. The average Bonchev–Trinajstić information content (AvgIpc) is 2.37. The first kappa shape index (κ1) is 16.3. The van der Waals surface area contributed by atoms with Crippen molar-refractivity contribution in [1.82, 2.24) is 0 Å². The first-order chi connectivity index (χ1) is 8.97. The lowest BCUT2D eigenvalue weighted by Gasteiger charge is -2.39. The number of unbranched alkanes of at least 4 members (excludes halogenated alkanes) is 1. The number of carbonyl (C=O) groups excluding carboxylic acids is 1. The molecule has 0 aromatic rings. The minimum Gasteiger partial charge on any atom is -0.394 e. The lowest BCUT2D eigenvalue weighted by Crippen LogP contribution is -2.59. The third-order valence-corrected chi connectivity index (χ3v) is 2.95. The van der Waals surface area contributed by atoms with Gasteiger partial charge >= 0.3 is 0 Å². The van der Waals surface area contributed by atoms with Crippen molar-refractivity contribution < 1.29 is 34.7 Å². The van der Waals surface area contributed by atoms with Crippen molar-refractivity contribution in [1.29, 1.82) is 0 Å². The highest BCUT2D eigenvalue weighted by atomic mass is 16.7. The number of nitrogens with two attached hydrogens (primary N) is 1. The molecule has 1 amide bonds. The molecule has 0 aromatic heterocycles. The second kappa shape index (κ2) is 7.73. The van der Waals surface area contributed by atoms with Crippen LogP contribution >= 0.6 is 0 Å². The molecule has 0 spiro atoms. The van der Waals surface area contributed by atoms with Crippen LogP contribution in [0.15, 0.2) is 0 Å². The van der Waals surface area contributed by atoms with Crippen molar-refractivity contribution in [3.8, 4) is 0 Å². The van der Waals surface area contributed by atoms with Gasteiger partial charge in [-0.25, -0.2) is 0 Å². The predicted octanol–water partition coefficient (Wildman–Crippen LogP) is -2.54. The van der Waals surface area contributed by atoms with E-state index in [9.17, 15) is 20.1 Å². The van der Waals surface area contributed by atoms with Crippen LogP contribution < -0.4 is 5.73 Å². The van der Waals surface area contributed by atoms with Crippen LogP contribution in [0.4, 0.5) is 0 Å². The van der Waals surface area contributed by atoms with E-state index in [0.717, 1.165) is 0 Å². The summed E-state index contributed by atoms with van der Waals surface area (Å²) < 4.78 is 10.4. The number of rotatable bonds is 7. The number of primary amides is 1. The summed E-state index contributed by atoms with van der Waals surface area (Å²) in [5, 5.41) is 37.7. The Labute approximate surface area is 110 Å². The number of aliphatic hydroxyl groups excluding tert-OH is 4. The zero-order valence-corrected chi connectivity index (χ0v) is 10.5. The zero-order chi connectivity index (χ0) is 14.4. The molecule has 1 fully saturated rings. The number of ether oxygens (including phenoxy) is 2. The highest BCUT2D eigenvalue weighted by Gasteiger charge is 2.43. The summed E-state index contributed by atoms with van der Waals surface area (Å²) >= 11 is 0. The van der Waals surface area contributed by atoms with Crippen LogP contribution in [-0.2, 0) is 14.3 Å². The number of aliphatic hydroxyl groups is 4. The predicted molar refractivity (Wildman–Crippen MR) is 62.8 cm³/mol. The van der Waals surface area contributed by atoms with Gasteiger partial charge in [0.05, 0.1) is 6.61 Å². The monoisotopic (exact) mass is 279 g/mol. The van der Waals surface area contributed by atoms with E-state index in [4.69, 9.17) is 20.3 Å². The largest absolute Gasteiger partial charge is 0.394 e. The van der Waals surface area contributed by atoms with Gasteiger partial charge in [-0.15, -0.1) is 0 Å². The van der Waals surface area contributed by atoms with Gasteiger partial charge in [0.15, 0.2) is 6.29 Å². The number of carbonyl (C=O) groups is 1. The molecule has 5 atom stereocenters. The molecule has 0 radical (unpaired) electrons. The Hall–Kier alpha value is -0.770. The Balaban J connectivity index is 2.33. The van der Waals surface area contributed by atoms with Crippen LogP contribution in [0.25, 0.3) is 0 Å². The van der Waals surface area contributed by atoms with Crippen LogP contribution in [0.3, 0.4) is 0 Å². The van der Waals surface area contributed by atoms with Gasteiger partial charge in [-0.1, -0.05) is 0 Å². The average molecular weight is 279 g/mol. The first-order valence-electron chi connectivity index (χ1n) is 6.17. The van der Waals surface area contributed by atoms with Crippen LogP contribution in [-0.4, -0.2) is 70.3 Å². The topological polar surface area (TPSA) is 142 Å². The van der Waals surface area contributed by atoms with Gasteiger partial charge in [-0.2, -0.15) is 0 Å². The number of amides is 1. The van der Waals surface area contributed by atoms with E-state index in [1.54, 1.807) is 0 Å². The van der Waals surface area contributed by atoms with Gasteiger partial charge in [0.1, 0.15) is 24.4 Å². The Morgan fingerprint density at radius 3 is 2.42 bits per heavy atom. The molecule has 8 nitrogen and oxygen atoms in total. The van der Waals surface area contributed by atoms with Crippen LogP contribution in [0, 0.1) is 0 Å². The first-order valence-corrected chi connectivity index (χ1v) is 6.17. The zero-order valence-electron chi connectivity index (χ0n) is 10.5. The molecule has 1 saturated heterocycles. The summed E-state index contributed by atoms with van der Waals surface area (Å²) in [5.41, 5.74) is 4.98. The van der Waals surface area contributed by atoms with E-state index in [0.29, 0.717) is 12.8 Å². The maximum absolute atomic E-state index is 10.5. The Kier molecular flexibility index (Phi) is 6.63. The van der Waals surface area contributed by atoms with Gasteiger partial charge < -0.3 is 35.6 Å². The third-order valence-electron chi connectivity index (χ3n) is 2.95. The molecule has 1 rings (SSSR count). The number of hydrogen-bond acceptors (Lipinski definition) is 7. The highest BCUT2D eigenvalue weighted by molar-refractivity contribution is 5.73. The molecule has 0 aliphatic carbocycles. The quantitative estimate of drug-likeness (QED) is 0.323. The van der Waals surface area contributed by atoms with E-state index >= 15 is 0 Å². The van der Waals surface area contributed by atoms with Crippen molar-refractivity contribution >= 4 is 5.91 Å². The number of hydrogen-bond donors (Lipinski definition) is 5. The lowest BCUT2D eigenvalue weighted by molar-refractivity contribution is -0.301. The van der Waals surface area contributed by atoms with Gasteiger partial charge in [0.2, 0.25) is 5.91 Å². The van der Waals surface area contributed by atoms with E-state index in [1.165, 1.54) is 0 Å². The van der Waals surface area contributed by atoms with Gasteiger partial charge in [-0.05, 0) is 12.8 Å². The van der Waals surface area contributed by atoms with Crippen molar-refractivity contribution in [2.24, 2.45) is 5.73 Å². The summed E-state index contributed by atoms with van der Waals surface area (Å²) in [5.74, 6) is -0.396. The molecule has 0 bridgehead atoms.